The van der Waals surface area contributed by atoms with E-state index in [2.05, 4.69) is 22.3 Å². The average molecular weight is 577 g/mol. The maximum absolute atomic E-state index is 14.5. The van der Waals surface area contributed by atoms with Crippen LogP contribution in [0.2, 0.25) is 0 Å². The largest absolute Gasteiger partial charge is 0.367 e. The molecule has 0 saturated carbocycles. The van der Waals surface area contributed by atoms with Crippen molar-refractivity contribution in [2.75, 3.05) is 53.4 Å². The van der Waals surface area contributed by atoms with Crippen molar-refractivity contribution < 1.29 is 23.1 Å². The van der Waals surface area contributed by atoms with E-state index in [1.807, 2.05) is 36.4 Å². The van der Waals surface area contributed by atoms with Crippen LogP contribution in [0.25, 0.3) is 0 Å². The molecule has 0 spiro atoms. The van der Waals surface area contributed by atoms with Crippen molar-refractivity contribution in [2.45, 2.75) is 30.4 Å². The van der Waals surface area contributed by atoms with Gasteiger partial charge in [-0.25, -0.2) is 13.6 Å². The van der Waals surface area contributed by atoms with E-state index < -0.39 is 22.8 Å². The van der Waals surface area contributed by atoms with Crippen molar-refractivity contribution in [3.8, 4) is 0 Å². The predicted octanol–water partition coefficient (Wildman–Crippen LogP) is 4.99. The van der Waals surface area contributed by atoms with Crippen LogP contribution in [0.4, 0.5) is 13.6 Å². The van der Waals surface area contributed by atoms with E-state index in [-0.39, 0.29) is 25.1 Å². The minimum absolute atomic E-state index is 0.117. The third-order valence-electron chi connectivity index (χ3n) is 8.56. The lowest BCUT2D eigenvalue weighted by molar-refractivity contribution is -0.114. The van der Waals surface area contributed by atoms with Gasteiger partial charge in [-0.15, -0.1) is 0 Å². The number of urea groups is 1. The minimum Gasteiger partial charge on any atom is -0.367 e. The second-order valence-electron chi connectivity index (χ2n) is 11.4. The zero-order valence-electron chi connectivity index (χ0n) is 24.2. The number of hydrogen-bond donors (Lipinski definition) is 1. The molecule has 0 aliphatic carbocycles. The first-order chi connectivity index (χ1) is 20.2. The molecule has 5 rings (SSSR count). The van der Waals surface area contributed by atoms with Crippen molar-refractivity contribution in [1.82, 2.24) is 20.0 Å². The first-order valence-corrected chi connectivity index (χ1v) is 14.4. The van der Waals surface area contributed by atoms with Gasteiger partial charge in [0.15, 0.2) is 11.6 Å². The Kier molecular flexibility index (Phi) is 8.89. The van der Waals surface area contributed by atoms with Crippen LogP contribution in [-0.4, -0.2) is 80.1 Å². The summed E-state index contributed by atoms with van der Waals surface area (Å²) in [6, 6.07) is 22.8. The molecule has 3 amide bonds. The summed E-state index contributed by atoms with van der Waals surface area (Å²) in [6.07, 6.45) is 1.92. The fourth-order valence-electron chi connectivity index (χ4n) is 6.03. The summed E-state index contributed by atoms with van der Waals surface area (Å²) in [5, 5.41) is 3.27. The van der Waals surface area contributed by atoms with Crippen molar-refractivity contribution in [1.29, 1.82) is 0 Å². The number of nitrogens with one attached hydrogen (secondary N) is 1. The fraction of sp³-hybridized carbons (Fsp3) is 0.394. The van der Waals surface area contributed by atoms with Crippen molar-refractivity contribution >= 4 is 11.9 Å². The van der Waals surface area contributed by atoms with Crippen molar-refractivity contribution in [3.63, 3.8) is 0 Å². The van der Waals surface area contributed by atoms with E-state index in [1.165, 1.54) is 6.07 Å². The molecular weight excluding hydrogens is 538 g/mol. The first-order valence-electron chi connectivity index (χ1n) is 14.4. The molecule has 2 heterocycles. The van der Waals surface area contributed by atoms with Crippen LogP contribution in [-0.2, 0) is 15.9 Å². The lowest BCUT2D eigenvalue weighted by Gasteiger charge is -2.46. The van der Waals surface area contributed by atoms with Gasteiger partial charge in [0.1, 0.15) is 5.60 Å². The van der Waals surface area contributed by atoms with Gasteiger partial charge in [0.25, 0.3) is 5.91 Å². The number of morpholine rings is 1. The monoisotopic (exact) mass is 576 g/mol. The van der Waals surface area contributed by atoms with E-state index in [1.54, 1.807) is 42.1 Å². The van der Waals surface area contributed by atoms with Crippen LogP contribution in [0, 0.1) is 11.6 Å². The zero-order chi connectivity index (χ0) is 29.7. The Bertz CT molecular complexity index is 1380. The quantitative estimate of drug-likeness (QED) is 0.431. The van der Waals surface area contributed by atoms with E-state index in [9.17, 15) is 18.4 Å². The molecule has 1 atom stereocenters. The Morgan fingerprint density at radius 1 is 0.881 bits per heavy atom. The normalized spacial score (nSPS) is 20.6. The Labute approximate surface area is 246 Å². The number of piperidine rings is 1. The Morgan fingerprint density at radius 2 is 1.55 bits per heavy atom. The van der Waals surface area contributed by atoms with Gasteiger partial charge in [-0.2, -0.15) is 0 Å². The Balaban J connectivity index is 1.34. The molecule has 7 nitrogen and oxygen atoms in total. The second kappa shape index (κ2) is 12.6. The molecule has 2 fully saturated rings. The minimum atomic E-state index is -0.996. The van der Waals surface area contributed by atoms with Crippen LogP contribution in [0.1, 0.15) is 40.7 Å². The van der Waals surface area contributed by atoms with Crippen molar-refractivity contribution in [2.24, 2.45) is 0 Å². The number of likely N-dealkylation sites (tertiary alicyclic amines) is 1. The summed E-state index contributed by atoms with van der Waals surface area (Å²) < 4.78 is 34.8. The highest BCUT2D eigenvalue weighted by molar-refractivity contribution is 5.94. The smallest absolute Gasteiger partial charge is 0.317 e. The van der Waals surface area contributed by atoms with Crippen LogP contribution in [0.3, 0.4) is 0 Å². The first kappa shape index (κ1) is 29.7. The summed E-state index contributed by atoms with van der Waals surface area (Å²) in [5.74, 6) is -1.98. The summed E-state index contributed by atoms with van der Waals surface area (Å²) in [5.41, 5.74) is 0.679. The molecule has 2 saturated heterocycles. The molecule has 0 aromatic heterocycles. The number of benzene rings is 3. The highest BCUT2D eigenvalue weighted by Gasteiger charge is 2.42. The Morgan fingerprint density at radius 3 is 2.19 bits per heavy atom. The molecule has 0 bridgehead atoms. The van der Waals surface area contributed by atoms with Crippen molar-refractivity contribution in [3.05, 3.63) is 107 Å². The van der Waals surface area contributed by atoms with E-state index in [4.69, 9.17) is 4.74 Å². The molecule has 3 aromatic rings. The molecule has 42 heavy (non-hydrogen) atoms. The van der Waals surface area contributed by atoms with Crippen LogP contribution in [0.5, 0.6) is 0 Å². The van der Waals surface area contributed by atoms with E-state index in [0.29, 0.717) is 43.5 Å². The summed E-state index contributed by atoms with van der Waals surface area (Å²) in [7, 11) is 3.47. The lowest BCUT2D eigenvalue weighted by Crippen LogP contribution is -2.56. The van der Waals surface area contributed by atoms with Gasteiger partial charge >= 0.3 is 6.03 Å². The highest BCUT2D eigenvalue weighted by atomic mass is 19.2. The number of carbonyl (C=O) groups excluding carboxylic acids is 2. The molecule has 0 radical (unpaired) electrons. The third-order valence-corrected chi connectivity index (χ3v) is 8.56. The number of nitrogens with zero attached hydrogens (tertiary/aromatic N) is 3. The highest BCUT2D eigenvalue weighted by Crippen LogP contribution is 2.37. The molecule has 9 heteroatoms. The van der Waals surface area contributed by atoms with Crippen LogP contribution in [0.15, 0.2) is 78.9 Å². The molecular formula is C33H38F2N4O3. The van der Waals surface area contributed by atoms with Gasteiger partial charge in [0.2, 0.25) is 0 Å². The maximum atomic E-state index is 14.5. The SMILES string of the molecule is CN(C)C(=O)NC1(c2ccccc2)CCN(CC[C@@]2(c3ccc(F)c(F)c3)CN(C(=O)c3ccccc3)CCO2)CC1. The van der Waals surface area contributed by atoms with Gasteiger partial charge in [-0.1, -0.05) is 54.6 Å². The molecule has 1 N–H and O–H groups in total. The topological polar surface area (TPSA) is 65.1 Å². The molecule has 222 valence electrons. The van der Waals surface area contributed by atoms with Gasteiger partial charge in [0.05, 0.1) is 18.7 Å². The number of hydrogen-bond acceptors (Lipinski definition) is 4. The number of carbonyl (C=O) groups is 2. The number of rotatable bonds is 7. The standard InChI is InChI=1S/C33H38F2N4O3/c1-37(2)31(41)36-32(26-11-7-4-8-12-26)15-18-38(19-16-32)20-17-33(27-13-14-28(34)29(35)23-27)24-39(21-22-42-33)30(40)25-9-5-3-6-10-25/h3-14,23H,15-22,24H2,1-2H3,(H,36,41)/t33-/m0/s1. The second-order valence-corrected chi connectivity index (χ2v) is 11.4. The summed E-state index contributed by atoms with van der Waals surface area (Å²) >= 11 is 0. The average Bonchev–Trinajstić information content (AvgIpc) is 3.02. The molecule has 2 aliphatic rings. The zero-order valence-corrected chi connectivity index (χ0v) is 24.2. The van der Waals surface area contributed by atoms with Crippen LogP contribution < -0.4 is 5.32 Å². The molecule has 2 aliphatic heterocycles. The summed E-state index contributed by atoms with van der Waals surface area (Å²) in [4.78, 5) is 31.7. The fourth-order valence-corrected chi connectivity index (χ4v) is 6.03. The number of halogens is 2. The van der Waals surface area contributed by atoms with Crippen LogP contribution >= 0.6 is 0 Å². The van der Waals surface area contributed by atoms with Gasteiger partial charge in [-0.05, 0) is 54.7 Å². The van der Waals surface area contributed by atoms with E-state index in [0.717, 1.165) is 24.7 Å². The maximum Gasteiger partial charge on any atom is 0.317 e. The summed E-state index contributed by atoms with van der Waals surface area (Å²) in [6.45, 7) is 3.00. The third kappa shape index (κ3) is 6.32. The van der Waals surface area contributed by atoms with Gasteiger partial charge in [0, 0.05) is 45.8 Å². The van der Waals surface area contributed by atoms with E-state index >= 15 is 0 Å². The lowest BCUT2D eigenvalue weighted by atomic mass is 9.80. The molecule has 0 unspecified atom stereocenters. The number of amides is 3. The predicted molar refractivity (Wildman–Crippen MR) is 157 cm³/mol. The Hall–Kier alpha value is -3.82. The van der Waals surface area contributed by atoms with Gasteiger partial charge in [-0.3, -0.25) is 4.79 Å². The molecule has 3 aromatic carbocycles. The van der Waals surface area contributed by atoms with Gasteiger partial charge < -0.3 is 24.8 Å². The number of ether oxygens (including phenoxy) is 1.